The van der Waals surface area contributed by atoms with Crippen molar-refractivity contribution in [2.24, 2.45) is 0 Å². The summed E-state index contributed by atoms with van der Waals surface area (Å²) in [7, 11) is 0. The van der Waals surface area contributed by atoms with Crippen LogP contribution in [0.15, 0.2) is 168 Å². The summed E-state index contributed by atoms with van der Waals surface area (Å²) in [5.74, 6) is 0. The first-order valence-corrected chi connectivity index (χ1v) is 18.9. The summed E-state index contributed by atoms with van der Waals surface area (Å²) >= 11 is 1.80. The fourth-order valence-electron chi connectivity index (χ4n) is 8.88. The van der Waals surface area contributed by atoms with E-state index in [0.29, 0.717) is 0 Å². The van der Waals surface area contributed by atoms with Crippen LogP contribution >= 0.6 is 11.3 Å². The monoisotopic (exact) mass is 680 g/mol. The van der Waals surface area contributed by atoms with Crippen LogP contribution in [0.4, 0.5) is 0 Å². The van der Waals surface area contributed by atoms with E-state index in [1.807, 2.05) is 0 Å². The average molecular weight is 681 g/mol. The number of thiophene rings is 1. The molecule has 0 saturated heterocycles. The predicted octanol–water partition coefficient (Wildman–Crippen LogP) is 14.7. The Hall–Kier alpha value is -6.22. The van der Waals surface area contributed by atoms with Crippen LogP contribution in [0.3, 0.4) is 0 Å². The molecular weight excluding hydrogens is 649 g/mol. The van der Waals surface area contributed by atoms with E-state index in [4.69, 9.17) is 4.42 Å². The first-order chi connectivity index (χ1) is 25.8. The van der Waals surface area contributed by atoms with Crippen molar-refractivity contribution in [1.29, 1.82) is 0 Å². The molecule has 1 aliphatic rings. The van der Waals surface area contributed by atoms with Crippen LogP contribution in [-0.2, 0) is 6.42 Å². The molecule has 52 heavy (non-hydrogen) atoms. The van der Waals surface area contributed by atoms with Gasteiger partial charge in [-0.3, -0.25) is 0 Å². The summed E-state index contributed by atoms with van der Waals surface area (Å²) in [6.45, 7) is 0. The van der Waals surface area contributed by atoms with Gasteiger partial charge in [0.15, 0.2) is 0 Å². The first-order valence-electron chi connectivity index (χ1n) is 18.1. The quantitative estimate of drug-likeness (QED) is 0.169. The number of hydrogen-bond acceptors (Lipinski definition) is 2. The Morgan fingerprint density at radius 2 is 1.10 bits per heavy atom. The van der Waals surface area contributed by atoms with Gasteiger partial charge in [-0.2, -0.15) is 0 Å². The zero-order valence-electron chi connectivity index (χ0n) is 28.4. The normalized spacial score (nSPS) is 12.8. The number of furan rings is 1. The van der Waals surface area contributed by atoms with E-state index in [1.54, 1.807) is 11.3 Å². The Balaban J connectivity index is 1.18. The predicted molar refractivity (Wildman–Crippen MR) is 223 cm³/mol. The van der Waals surface area contributed by atoms with Crippen molar-refractivity contribution < 1.29 is 4.42 Å². The summed E-state index contributed by atoms with van der Waals surface area (Å²) in [6.07, 6.45) is 6.70. The van der Waals surface area contributed by atoms with Crippen molar-refractivity contribution in [2.75, 3.05) is 0 Å². The van der Waals surface area contributed by atoms with E-state index >= 15 is 0 Å². The molecule has 0 N–H and O–H groups in total. The second kappa shape index (κ2) is 11.7. The number of rotatable bonds is 4. The van der Waals surface area contributed by atoms with Crippen LogP contribution in [-0.4, -0.2) is 0 Å². The van der Waals surface area contributed by atoms with Gasteiger partial charge in [-0.25, -0.2) is 0 Å². The average Bonchev–Trinajstić information content (AvgIpc) is 3.88. The molecule has 0 fully saturated rings. The number of fused-ring (bicyclic) bond motifs is 7. The smallest absolute Gasteiger partial charge is 0.143 e. The molecule has 244 valence electrons. The van der Waals surface area contributed by atoms with Gasteiger partial charge in [0, 0.05) is 26.8 Å². The highest BCUT2D eigenvalue weighted by molar-refractivity contribution is 7.13. The zero-order valence-corrected chi connectivity index (χ0v) is 29.2. The van der Waals surface area contributed by atoms with Crippen LogP contribution in [0.5, 0.6) is 0 Å². The molecule has 0 aliphatic heterocycles. The Morgan fingerprint density at radius 3 is 1.79 bits per heavy atom. The highest BCUT2D eigenvalue weighted by Gasteiger charge is 2.24. The number of benzene rings is 8. The molecule has 2 heteroatoms. The molecule has 0 bridgehead atoms. The van der Waals surface area contributed by atoms with Gasteiger partial charge in [-0.15, -0.1) is 11.3 Å². The van der Waals surface area contributed by atoms with E-state index in [2.05, 4.69) is 169 Å². The van der Waals surface area contributed by atoms with Gasteiger partial charge in [0.2, 0.25) is 0 Å². The third-order valence-electron chi connectivity index (χ3n) is 11.0. The fourth-order valence-corrected chi connectivity index (χ4v) is 9.68. The molecule has 8 aromatic carbocycles. The van der Waals surface area contributed by atoms with Crippen molar-refractivity contribution in [3.05, 3.63) is 174 Å². The van der Waals surface area contributed by atoms with Gasteiger partial charge < -0.3 is 4.42 Å². The third kappa shape index (κ3) is 4.35. The van der Waals surface area contributed by atoms with E-state index in [0.717, 1.165) is 40.3 Å². The van der Waals surface area contributed by atoms with Crippen LogP contribution < -0.4 is 0 Å². The highest BCUT2D eigenvalue weighted by Crippen LogP contribution is 2.49. The molecule has 0 radical (unpaired) electrons. The maximum Gasteiger partial charge on any atom is 0.143 e. The molecule has 0 spiro atoms. The maximum absolute atomic E-state index is 6.91. The van der Waals surface area contributed by atoms with Crippen molar-refractivity contribution in [3.8, 4) is 43.8 Å². The van der Waals surface area contributed by atoms with Crippen molar-refractivity contribution in [2.45, 2.75) is 12.8 Å². The van der Waals surface area contributed by atoms with Crippen LogP contribution in [0.1, 0.15) is 17.5 Å². The van der Waals surface area contributed by atoms with Gasteiger partial charge in [0.1, 0.15) is 11.2 Å². The van der Waals surface area contributed by atoms with Crippen LogP contribution in [0.2, 0.25) is 0 Å². The lowest BCUT2D eigenvalue weighted by molar-refractivity contribution is 0.670. The zero-order chi connectivity index (χ0) is 34.2. The summed E-state index contributed by atoms with van der Waals surface area (Å²) in [5, 5.41) is 12.1. The maximum atomic E-state index is 6.91. The SMILES string of the molecule is C1=Cc2c(c(-c3cccc4c3oc3ccc(-c5c6ccccc6c(-c6cccs6)c6ccccc56)cc34)c3ccccc3c2-c2ccccc2)CC1. The molecule has 0 saturated carbocycles. The number of hydrogen-bond donors (Lipinski definition) is 0. The molecule has 0 atom stereocenters. The molecule has 10 aromatic rings. The Kier molecular flexibility index (Phi) is 6.62. The highest BCUT2D eigenvalue weighted by atomic mass is 32.1. The minimum atomic E-state index is 0.911. The lowest BCUT2D eigenvalue weighted by Crippen LogP contribution is -2.02. The number of para-hydroxylation sites is 1. The van der Waals surface area contributed by atoms with Crippen LogP contribution in [0, 0.1) is 0 Å². The fraction of sp³-hybridized carbons (Fsp3) is 0.0400. The second-order valence-electron chi connectivity index (χ2n) is 13.8. The lowest BCUT2D eigenvalue weighted by atomic mass is 9.80. The van der Waals surface area contributed by atoms with Crippen molar-refractivity contribution in [1.82, 2.24) is 0 Å². The largest absolute Gasteiger partial charge is 0.455 e. The van der Waals surface area contributed by atoms with Crippen molar-refractivity contribution in [3.63, 3.8) is 0 Å². The molecule has 2 heterocycles. The Bertz CT molecular complexity index is 2990. The van der Waals surface area contributed by atoms with Gasteiger partial charge in [0.05, 0.1) is 0 Å². The van der Waals surface area contributed by atoms with Crippen molar-refractivity contribution >= 4 is 71.7 Å². The minimum Gasteiger partial charge on any atom is -0.455 e. The van der Waals surface area contributed by atoms with Gasteiger partial charge in [-0.1, -0.05) is 146 Å². The number of allylic oxidation sites excluding steroid dienone is 1. The van der Waals surface area contributed by atoms with E-state index in [9.17, 15) is 0 Å². The standard InChI is InChI=1S/C50H32OS/c1-2-14-31(15-3-1)46-33-16-4-8-20-37(33)48(38-21-9-5-17-34(38)46)42-25-12-24-41-43-30-32(27-28-44(43)51-50(41)42)47-35-18-6-10-22-39(35)49(45-26-13-29-52-45)40-23-11-7-19-36(40)47/h1-8,10-20,22-30H,9,21H2. The topological polar surface area (TPSA) is 13.1 Å². The van der Waals surface area contributed by atoms with Gasteiger partial charge >= 0.3 is 0 Å². The summed E-state index contributed by atoms with van der Waals surface area (Å²) in [6, 6.07) is 55.5. The molecular formula is C50H32OS. The third-order valence-corrected chi connectivity index (χ3v) is 11.9. The summed E-state index contributed by atoms with van der Waals surface area (Å²) in [5.41, 5.74) is 13.4. The van der Waals surface area contributed by atoms with Crippen LogP contribution in [0.25, 0.3) is 104 Å². The minimum absolute atomic E-state index is 0.911. The Morgan fingerprint density at radius 1 is 0.462 bits per heavy atom. The summed E-state index contributed by atoms with van der Waals surface area (Å²) in [4.78, 5) is 1.30. The molecule has 0 amide bonds. The molecule has 1 nitrogen and oxygen atoms in total. The van der Waals surface area contributed by atoms with E-state index in [-0.39, 0.29) is 0 Å². The first kappa shape index (κ1) is 29.5. The summed E-state index contributed by atoms with van der Waals surface area (Å²) < 4.78 is 6.91. The molecule has 0 unspecified atom stereocenters. The lowest BCUT2D eigenvalue weighted by Gasteiger charge is -2.23. The van der Waals surface area contributed by atoms with Gasteiger partial charge in [0.25, 0.3) is 0 Å². The Labute approximate surface area is 305 Å². The van der Waals surface area contributed by atoms with E-state index < -0.39 is 0 Å². The van der Waals surface area contributed by atoms with Gasteiger partial charge in [-0.05, 0) is 108 Å². The molecule has 11 rings (SSSR count). The second-order valence-corrected chi connectivity index (χ2v) is 14.8. The molecule has 2 aromatic heterocycles. The van der Waals surface area contributed by atoms with E-state index in [1.165, 1.54) is 81.7 Å². The molecule has 1 aliphatic carbocycles.